The molecular formula is C26H20BrCl2N3O8. The van der Waals surface area contributed by atoms with E-state index in [2.05, 4.69) is 15.9 Å². The predicted octanol–water partition coefficient (Wildman–Crippen LogP) is 3.60. The zero-order chi connectivity index (χ0) is 28.7. The fourth-order valence-corrected chi connectivity index (χ4v) is 8.08. The molecule has 6 unspecified atom stereocenters. The first-order valence-corrected chi connectivity index (χ1v) is 14.2. The lowest BCUT2D eigenvalue weighted by Gasteiger charge is -2.49. The van der Waals surface area contributed by atoms with Crippen molar-refractivity contribution in [2.45, 2.75) is 35.1 Å². The highest BCUT2D eigenvalue weighted by atomic mass is 79.9. The molecule has 1 N–H and O–H groups in total. The second kappa shape index (κ2) is 9.23. The van der Waals surface area contributed by atoms with Crippen molar-refractivity contribution >= 4 is 74.1 Å². The number of likely N-dealkylation sites (tertiary alicyclic amines) is 1. The van der Waals surface area contributed by atoms with Gasteiger partial charge >= 0.3 is 0 Å². The van der Waals surface area contributed by atoms with Gasteiger partial charge in [-0.05, 0) is 43.0 Å². The highest BCUT2D eigenvalue weighted by Crippen LogP contribution is 2.65. The smallest absolute Gasteiger partial charge is 0.269 e. The average Bonchev–Trinajstić information content (AvgIpc) is 3.55. The molecule has 208 valence electrons. The number of nitro benzene ring substituents is 1. The van der Waals surface area contributed by atoms with Crippen LogP contribution in [0.1, 0.15) is 30.3 Å². The lowest BCUT2D eigenvalue weighted by molar-refractivity contribution is -0.384. The maximum atomic E-state index is 13.9. The van der Waals surface area contributed by atoms with Crippen LogP contribution < -0.4 is 4.90 Å². The van der Waals surface area contributed by atoms with E-state index in [0.717, 1.165) is 9.80 Å². The van der Waals surface area contributed by atoms with Crippen LogP contribution in [0.25, 0.3) is 0 Å². The number of halogens is 3. The Bertz CT molecular complexity index is 1530. The van der Waals surface area contributed by atoms with Crippen LogP contribution in [0.2, 0.25) is 0 Å². The predicted molar refractivity (Wildman–Crippen MR) is 144 cm³/mol. The van der Waals surface area contributed by atoms with E-state index in [4.69, 9.17) is 27.6 Å². The van der Waals surface area contributed by atoms with Gasteiger partial charge in [0.2, 0.25) is 11.8 Å². The highest BCUT2D eigenvalue weighted by Gasteiger charge is 2.76. The van der Waals surface area contributed by atoms with Crippen LogP contribution in [0.5, 0.6) is 0 Å². The molecule has 6 atom stereocenters. The summed E-state index contributed by atoms with van der Waals surface area (Å²) < 4.78 is 5.83. The number of fused-ring (bicyclic) bond motifs is 4. The topological polar surface area (TPSA) is 151 Å². The van der Waals surface area contributed by atoms with Crippen LogP contribution in [0, 0.1) is 27.9 Å². The molecule has 11 nitrogen and oxygen atoms in total. The molecule has 1 saturated carbocycles. The summed E-state index contributed by atoms with van der Waals surface area (Å²) in [6, 6.07) is 8.16. The normalized spacial score (nSPS) is 33.1. The molecule has 2 aliphatic heterocycles. The van der Waals surface area contributed by atoms with Gasteiger partial charge in [0.05, 0.1) is 33.8 Å². The Morgan fingerprint density at radius 2 is 1.75 bits per heavy atom. The summed E-state index contributed by atoms with van der Waals surface area (Å²) in [7, 11) is 0. The number of nitro groups is 1. The average molecular weight is 653 g/mol. The van der Waals surface area contributed by atoms with Gasteiger partial charge in [0.15, 0.2) is 9.75 Å². The first-order valence-electron chi connectivity index (χ1n) is 12.3. The number of alkyl halides is 3. The summed E-state index contributed by atoms with van der Waals surface area (Å²) in [5, 5.41) is 20.7. The number of imide groups is 2. The number of carbonyl (C=O) groups is 4. The number of rotatable bonds is 5. The zero-order valence-corrected chi connectivity index (χ0v) is 23.6. The van der Waals surface area contributed by atoms with Gasteiger partial charge in [0.1, 0.15) is 18.1 Å². The van der Waals surface area contributed by atoms with Crippen molar-refractivity contribution in [3.05, 3.63) is 69.7 Å². The number of anilines is 1. The van der Waals surface area contributed by atoms with Crippen molar-refractivity contribution in [2.24, 2.45) is 17.8 Å². The molecule has 4 amide bonds. The van der Waals surface area contributed by atoms with E-state index in [9.17, 15) is 34.4 Å². The molecule has 2 aliphatic carbocycles. The molecule has 0 spiro atoms. The molecule has 3 fully saturated rings. The monoisotopic (exact) mass is 651 g/mol. The maximum Gasteiger partial charge on any atom is 0.269 e. The van der Waals surface area contributed by atoms with Gasteiger partial charge in [-0.15, -0.1) is 23.2 Å². The van der Waals surface area contributed by atoms with Gasteiger partial charge < -0.3 is 9.52 Å². The summed E-state index contributed by atoms with van der Waals surface area (Å²) in [5.41, 5.74) is 0.396. The number of allylic oxidation sites excluding steroid dienone is 2. The highest BCUT2D eigenvalue weighted by molar-refractivity contribution is 9.09. The first-order chi connectivity index (χ1) is 19.0. The summed E-state index contributed by atoms with van der Waals surface area (Å²) in [6.07, 6.45) is 1.73. The standard InChI is InChI=1S/C26H20BrCl2N3O8/c27-11-30-23(36)25(28)9-17-15(20(26(25,29)24(30)37)18-8-5-14(10-33)40-18)6-7-16-19(17)22(35)31(21(16)34)12-1-3-13(4-2-12)32(38)39/h1-6,8,16-17,19-20,33H,7,9-11H2. The number of amides is 4. The number of aliphatic hydroxyl groups is 1. The third-order valence-electron chi connectivity index (χ3n) is 8.46. The molecule has 4 aliphatic rings. The van der Waals surface area contributed by atoms with E-state index in [0.29, 0.717) is 5.57 Å². The Kier molecular flexibility index (Phi) is 6.26. The van der Waals surface area contributed by atoms with Gasteiger partial charge in [-0.1, -0.05) is 27.6 Å². The van der Waals surface area contributed by atoms with Gasteiger partial charge in [0, 0.05) is 12.1 Å². The Morgan fingerprint density at radius 3 is 2.35 bits per heavy atom. The number of nitrogens with zero attached hydrogens (tertiary/aromatic N) is 3. The quantitative estimate of drug-likeness (QED) is 0.129. The van der Waals surface area contributed by atoms with E-state index in [1.54, 1.807) is 12.1 Å². The third kappa shape index (κ3) is 3.39. The van der Waals surface area contributed by atoms with Crippen LogP contribution in [0.15, 0.2) is 52.5 Å². The van der Waals surface area contributed by atoms with Crippen molar-refractivity contribution in [3.8, 4) is 0 Å². The Balaban J connectivity index is 1.47. The number of hydrogen-bond donors (Lipinski definition) is 1. The Hall–Kier alpha value is -3.06. The summed E-state index contributed by atoms with van der Waals surface area (Å²) in [6.45, 7) is -0.418. The number of benzene rings is 1. The molecule has 2 saturated heterocycles. The van der Waals surface area contributed by atoms with Gasteiger partial charge in [0.25, 0.3) is 17.5 Å². The first kappa shape index (κ1) is 27.1. The maximum absolute atomic E-state index is 13.9. The van der Waals surface area contributed by atoms with Crippen LogP contribution >= 0.6 is 39.1 Å². The minimum Gasteiger partial charge on any atom is -0.463 e. The lowest BCUT2D eigenvalue weighted by Crippen LogP contribution is -2.60. The van der Waals surface area contributed by atoms with Crippen molar-refractivity contribution in [1.29, 1.82) is 0 Å². The molecule has 14 heteroatoms. The number of non-ortho nitro benzene ring substituents is 1. The van der Waals surface area contributed by atoms with E-state index in [1.165, 1.54) is 30.3 Å². The van der Waals surface area contributed by atoms with Crippen molar-refractivity contribution < 1.29 is 33.6 Å². The molecule has 1 aromatic carbocycles. The third-order valence-corrected chi connectivity index (χ3v) is 10.4. The van der Waals surface area contributed by atoms with E-state index in [1.807, 2.05) is 0 Å². The minimum atomic E-state index is -2.00. The molecular weight excluding hydrogens is 633 g/mol. The SMILES string of the molecule is O=C1C2CC=C3C(CC4(Cl)C(=O)N(CBr)C(=O)C4(Cl)C3c3ccc(CO)o3)C2C(=O)N1c1ccc([N+](=O)[O-])cc1. The number of hydrogen-bond acceptors (Lipinski definition) is 8. The van der Waals surface area contributed by atoms with E-state index < -0.39 is 68.6 Å². The molecule has 1 aromatic heterocycles. The number of furan rings is 1. The molecule has 40 heavy (non-hydrogen) atoms. The molecule has 6 rings (SSSR count). The lowest BCUT2D eigenvalue weighted by atomic mass is 9.57. The molecule has 0 bridgehead atoms. The number of aliphatic hydroxyl groups excluding tert-OH is 1. The molecule has 2 aromatic rings. The fraction of sp³-hybridized carbons (Fsp3) is 0.385. The molecule has 3 heterocycles. The second-order valence-electron chi connectivity index (χ2n) is 10.2. The minimum absolute atomic E-state index is 0.151. The van der Waals surface area contributed by atoms with Gasteiger partial charge in [-0.25, -0.2) is 0 Å². The van der Waals surface area contributed by atoms with Crippen LogP contribution in [0.3, 0.4) is 0 Å². The Labute approximate surface area is 244 Å². The number of carbonyl (C=O) groups excluding carboxylic acids is 4. The van der Waals surface area contributed by atoms with Gasteiger partial charge in [-0.2, -0.15) is 0 Å². The van der Waals surface area contributed by atoms with Crippen molar-refractivity contribution in [3.63, 3.8) is 0 Å². The summed E-state index contributed by atoms with van der Waals surface area (Å²) in [4.78, 5) is 63.1. The molecule has 0 radical (unpaired) electrons. The van der Waals surface area contributed by atoms with Gasteiger partial charge in [-0.3, -0.25) is 39.1 Å². The van der Waals surface area contributed by atoms with Crippen LogP contribution in [0.4, 0.5) is 11.4 Å². The zero-order valence-electron chi connectivity index (χ0n) is 20.5. The summed E-state index contributed by atoms with van der Waals surface area (Å²) >= 11 is 17.4. The second-order valence-corrected chi connectivity index (χ2v) is 12.0. The van der Waals surface area contributed by atoms with Crippen LogP contribution in [-0.2, 0) is 25.8 Å². The van der Waals surface area contributed by atoms with Crippen molar-refractivity contribution in [2.75, 3.05) is 10.4 Å². The van der Waals surface area contributed by atoms with Crippen LogP contribution in [-0.4, -0.2) is 53.8 Å². The van der Waals surface area contributed by atoms with Crippen molar-refractivity contribution in [1.82, 2.24) is 4.90 Å². The van der Waals surface area contributed by atoms with E-state index in [-0.39, 0.29) is 41.2 Å². The Morgan fingerprint density at radius 1 is 1.05 bits per heavy atom. The largest absolute Gasteiger partial charge is 0.463 e. The fourth-order valence-electron chi connectivity index (χ4n) is 6.68. The van der Waals surface area contributed by atoms with E-state index >= 15 is 0 Å². The summed E-state index contributed by atoms with van der Waals surface area (Å²) in [5.74, 6) is -5.57.